The zero-order valence-corrected chi connectivity index (χ0v) is 29.9. The summed E-state index contributed by atoms with van der Waals surface area (Å²) in [6.07, 6.45) is 7.02. The highest BCUT2D eigenvalue weighted by Gasteiger charge is 2.37. The van der Waals surface area contributed by atoms with E-state index >= 15 is 0 Å². The lowest BCUT2D eigenvalue weighted by atomic mass is 9.89. The normalized spacial score (nSPS) is 16.7. The molecule has 12 rings (SSSR count). The molecule has 2 unspecified atom stereocenters. The number of anilines is 2. The van der Waals surface area contributed by atoms with Crippen LogP contribution in [0.25, 0.3) is 82.5 Å². The first-order valence-electron chi connectivity index (χ1n) is 18.7. The number of hydrogen-bond acceptors (Lipinski definition) is 3. The van der Waals surface area contributed by atoms with Gasteiger partial charge in [0.15, 0.2) is 0 Å². The second-order valence-corrected chi connectivity index (χ2v) is 15.1. The summed E-state index contributed by atoms with van der Waals surface area (Å²) < 4.78 is 15.2. The van der Waals surface area contributed by atoms with Crippen molar-refractivity contribution in [3.8, 4) is 16.8 Å². The fourth-order valence-corrected chi connectivity index (χ4v) is 9.33. The molecule has 0 saturated carbocycles. The van der Waals surface area contributed by atoms with E-state index in [-0.39, 0.29) is 6.04 Å². The minimum absolute atomic E-state index is 0.244. The standard InChI is InChI=1S/C50H34N2O2/c1-29-11-17-45-37(23-29)35-7-3-5-9-43(35)51(45)33-15-21-49-41(27-33)39-25-31(13-19-47(39)53-49)32-14-20-48-40(26-32)42-28-34(16-22-50(42)54-48)52-44-10-6-4-8-36(44)38-24-30(2)12-18-46(38)52/h3-28,37,45H,1-2H3. The van der Waals surface area contributed by atoms with Gasteiger partial charge in [0, 0.05) is 55.3 Å². The summed E-state index contributed by atoms with van der Waals surface area (Å²) in [6, 6.07) is 50.8. The van der Waals surface area contributed by atoms with Gasteiger partial charge in [-0.2, -0.15) is 0 Å². The smallest absolute Gasteiger partial charge is 0.135 e. The van der Waals surface area contributed by atoms with Crippen LogP contribution in [-0.4, -0.2) is 10.6 Å². The van der Waals surface area contributed by atoms with E-state index in [1.54, 1.807) is 0 Å². The van der Waals surface area contributed by atoms with E-state index in [0.29, 0.717) is 5.92 Å². The van der Waals surface area contributed by atoms with Crippen molar-refractivity contribution in [2.24, 2.45) is 0 Å². The molecule has 256 valence electrons. The topological polar surface area (TPSA) is 34.5 Å². The van der Waals surface area contributed by atoms with Crippen molar-refractivity contribution in [2.75, 3.05) is 4.90 Å². The van der Waals surface area contributed by atoms with E-state index in [1.165, 1.54) is 49.9 Å². The Labute approximate surface area is 311 Å². The molecule has 0 fully saturated rings. The van der Waals surface area contributed by atoms with Crippen LogP contribution in [0.5, 0.6) is 0 Å². The van der Waals surface area contributed by atoms with Crippen LogP contribution in [0.3, 0.4) is 0 Å². The molecule has 1 aliphatic heterocycles. The number of rotatable bonds is 3. The van der Waals surface area contributed by atoms with E-state index in [9.17, 15) is 0 Å². The molecule has 2 atom stereocenters. The van der Waals surface area contributed by atoms with Crippen molar-refractivity contribution < 1.29 is 8.83 Å². The first-order chi connectivity index (χ1) is 26.6. The molecule has 10 aromatic rings. The maximum absolute atomic E-state index is 6.42. The molecule has 4 heteroatoms. The summed E-state index contributed by atoms with van der Waals surface area (Å²) in [5, 5.41) is 6.98. The van der Waals surface area contributed by atoms with Gasteiger partial charge < -0.3 is 18.3 Å². The summed E-state index contributed by atoms with van der Waals surface area (Å²) in [5.74, 6) is 0.339. The molecule has 0 radical (unpaired) electrons. The van der Waals surface area contributed by atoms with Gasteiger partial charge in [-0.3, -0.25) is 0 Å². The molecular weight excluding hydrogens is 661 g/mol. The largest absolute Gasteiger partial charge is 0.456 e. The van der Waals surface area contributed by atoms with Gasteiger partial charge >= 0.3 is 0 Å². The van der Waals surface area contributed by atoms with E-state index in [1.807, 2.05) is 0 Å². The van der Waals surface area contributed by atoms with Crippen molar-refractivity contribution in [3.63, 3.8) is 0 Å². The Hall–Kier alpha value is -6.78. The van der Waals surface area contributed by atoms with Crippen molar-refractivity contribution in [1.29, 1.82) is 0 Å². The Kier molecular flexibility index (Phi) is 5.99. The Morgan fingerprint density at radius 1 is 0.500 bits per heavy atom. The number of aromatic nitrogens is 1. The SMILES string of the molecule is CC1=CC2c3ccccc3N(c3ccc4oc5ccc(-c6ccc7oc8ccc(-n9c%10ccccc%10c%10cc(C)ccc%109)cc8c7c6)cc5c4c3)C2C=C1. The number of allylic oxidation sites excluding steroid dienone is 2. The third kappa shape index (κ3) is 4.19. The Morgan fingerprint density at radius 3 is 1.87 bits per heavy atom. The van der Waals surface area contributed by atoms with Gasteiger partial charge in [-0.1, -0.05) is 84.0 Å². The average molecular weight is 695 g/mol. The van der Waals surface area contributed by atoms with Gasteiger partial charge in [-0.25, -0.2) is 0 Å². The van der Waals surface area contributed by atoms with Crippen molar-refractivity contribution in [1.82, 2.24) is 4.57 Å². The zero-order valence-electron chi connectivity index (χ0n) is 29.9. The number of nitrogens with zero attached hydrogens (tertiary/aromatic N) is 2. The van der Waals surface area contributed by atoms with Crippen LogP contribution in [0.15, 0.2) is 172 Å². The molecule has 4 heterocycles. The highest BCUT2D eigenvalue weighted by molar-refractivity contribution is 6.12. The van der Waals surface area contributed by atoms with Crippen molar-refractivity contribution in [2.45, 2.75) is 25.8 Å². The lowest BCUT2D eigenvalue weighted by Gasteiger charge is -2.29. The highest BCUT2D eigenvalue weighted by atomic mass is 16.3. The van der Waals surface area contributed by atoms with Crippen LogP contribution in [-0.2, 0) is 0 Å². The van der Waals surface area contributed by atoms with Crippen LogP contribution in [0, 0.1) is 6.92 Å². The number of furan rings is 2. The molecule has 3 aromatic heterocycles. The number of benzene rings is 7. The van der Waals surface area contributed by atoms with Gasteiger partial charge in [0.2, 0.25) is 0 Å². The van der Waals surface area contributed by atoms with E-state index in [0.717, 1.165) is 60.7 Å². The zero-order chi connectivity index (χ0) is 35.7. The van der Waals surface area contributed by atoms with Crippen molar-refractivity contribution in [3.05, 3.63) is 174 Å². The summed E-state index contributed by atoms with van der Waals surface area (Å²) in [4.78, 5) is 2.49. The monoisotopic (exact) mass is 694 g/mol. The third-order valence-corrected chi connectivity index (χ3v) is 11.8. The van der Waals surface area contributed by atoms with Crippen LogP contribution in [0.1, 0.15) is 24.0 Å². The number of hydrogen-bond donors (Lipinski definition) is 0. The van der Waals surface area contributed by atoms with Crippen molar-refractivity contribution >= 4 is 77.1 Å². The Bertz CT molecular complexity index is 3280. The predicted molar refractivity (Wildman–Crippen MR) is 224 cm³/mol. The quantitative estimate of drug-likeness (QED) is 0.185. The summed E-state index contributed by atoms with van der Waals surface area (Å²) >= 11 is 0. The molecular formula is C50H34N2O2. The van der Waals surface area contributed by atoms with E-state index < -0.39 is 0 Å². The molecule has 1 aliphatic carbocycles. The second-order valence-electron chi connectivity index (χ2n) is 15.1. The van der Waals surface area contributed by atoms with Crippen LogP contribution < -0.4 is 4.90 Å². The first-order valence-corrected chi connectivity index (χ1v) is 18.7. The van der Waals surface area contributed by atoms with E-state index in [2.05, 4.69) is 181 Å². The fraction of sp³-hybridized carbons (Fsp3) is 0.0800. The maximum Gasteiger partial charge on any atom is 0.135 e. The Morgan fingerprint density at radius 2 is 1.11 bits per heavy atom. The van der Waals surface area contributed by atoms with Crippen LogP contribution in [0.2, 0.25) is 0 Å². The molecule has 0 amide bonds. The third-order valence-electron chi connectivity index (χ3n) is 11.8. The van der Waals surface area contributed by atoms with Gasteiger partial charge in [-0.05, 0) is 115 Å². The predicted octanol–water partition coefficient (Wildman–Crippen LogP) is 13.7. The molecule has 4 nitrogen and oxygen atoms in total. The Balaban J connectivity index is 0.980. The minimum Gasteiger partial charge on any atom is -0.456 e. The number of aryl methyl sites for hydroxylation is 1. The van der Waals surface area contributed by atoms with Gasteiger partial charge in [0.05, 0.1) is 17.1 Å². The molecule has 0 N–H and O–H groups in total. The molecule has 0 saturated heterocycles. The van der Waals surface area contributed by atoms with E-state index in [4.69, 9.17) is 8.83 Å². The maximum atomic E-state index is 6.42. The summed E-state index contributed by atoms with van der Waals surface area (Å²) in [5.41, 5.74) is 15.8. The molecule has 0 bridgehead atoms. The second kappa shape index (κ2) is 10.9. The lowest BCUT2D eigenvalue weighted by Crippen LogP contribution is -2.28. The molecule has 54 heavy (non-hydrogen) atoms. The molecule has 7 aromatic carbocycles. The van der Waals surface area contributed by atoms with Gasteiger partial charge in [0.1, 0.15) is 22.3 Å². The molecule has 2 aliphatic rings. The van der Waals surface area contributed by atoms with Crippen LogP contribution in [0.4, 0.5) is 11.4 Å². The van der Waals surface area contributed by atoms with Gasteiger partial charge in [-0.15, -0.1) is 0 Å². The lowest BCUT2D eigenvalue weighted by molar-refractivity contribution is 0.668. The average Bonchev–Trinajstić information content (AvgIpc) is 3.94. The fourth-order valence-electron chi connectivity index (χ4n) is 9.33. The first kappa shape index (κ1) is 29.8. The van der Waals surface area contributed by atoms with Gasteiger partial charge in [0.25, 0.3) is 0 Å². The molecule has 0 spiro atoms. The number of fused-ring (bicyclic) bond motifs is 12. The highest BCUT2D eigenvalue weighted by Crippen LogP contribution is 2.49. The summed E-state index contributed by atoms with van der Waals surface area (Å²) in [6.45, 7) is 4.35. The summed E-state index contributed by atoms with van der Waals surface area (Å²) in [7, 11) is 0. The minimum atomic E-state index is 0.244. The van der Waals surface area contributed by atoms with Crippen LogP contribution >= 0.6 is 0 Å². The number of para-hydroxylation sites is 2.